The smallest absolute Gasteiger partial charge is 0.303 e. The van der Waals surface area contributed by atoms with E-state index in [0.717, 1.165) is 19.4 Å². The first-order chi connectivity index (χ1) is 14.4. The Kier molecular flexibility index (Phi) is 8.58. The molecule has 31 heavy (non-hydrogen) atoms. The molecule has 1 aliphatic rings. The van der Waals surface area contributed by atoms with Gasteiger partial charge in [0.05, 0.1) is 11.5 Å². The van der Waals surface area contributed by atoms with E-state index in [9.17, 15) is 22.8 Å². The van der Waals surface area contributed by atoms with E-state index in [1.165, 1.54) is 19.1 Å². The lowest BCUT2D eigenvalue weighted by atomic mass is 9.94. The third kappa shape index (κ3) is 6.99. The number of esters is 2. The van der Waals surface area contributed by atoms with Crippen LogP contribution in [0.4, 0.5) is 0 Å². The summed E-state index contributed by atoms with van der Waals surface area (Å²) in [7, 11) is -4.11. The molecule has 0 unspecified atom stereocenters. The van der Waals surface area contributed by atoms with E-state index in [2.05, 4.69) is 0 Å². The van der Waals surface area contributed by atoms with Gasteiger partial charge in [-0.2, -0.15) is 8.42 Å². The average molecular weight is 477 g/mol. The second-order valence-electron chi connectivity index (χ2n) is 7.26. The molecule has 1 saturated heterocycles. The van der Waals surface area contributed by atoms with Crippen molar-refractivity contribution in [3.05, 3.63) is 29.8 Å². The van der Waals surface area contributed by atoms with Gasteiger partial charge < -0.3 is 14.2 Å². The zero-order chi connectivity index (χ0) is 23.3. The van der Waals surface area contributed by atoms with Crippen molar-refractivity contribution < 1.29 is 41.2 Å². The maximum absolute atomic E-state index is 12.5. The van der Waals surface area contributed by atoms with Crippen LogP contribution in [-0.2, 0) is 42.9 Å². The van der Waals surface area contributed by atoms with Gasteiger partial charge >= 0.3 is 11.9 Å². The molecule has 5 atom stereocenters. The van der Waals surface area contributed by atoms with Crippen LogP contribution in [0, 0.1) is 6.92 Å². The molecule has 0 saturated carbocycles. The van der Waals surface area contributed by atoms with Gasteiger partial charge in [0.15, 0.2) is 12.2 Å². The normalized spacial score (nSPS) is 26.2. The molecule has 0 bridgehead atoms. The summed E-state index contributed by atoms with van der Waals surface area (Å²) >= 11 is 6.42. The minimum atomic E-state index is -4.11. The number of hydrogen-bond donors (Lipinski definition) is 0. The van der Waals surface area contributed by atoms with Gasteiger partial charge in [-0.1, -0.05) is 17.7 Å². The van der Waals surface area contributed by atoms with E-state index < -0.39 is 58.5 Å². The fourth-order valence-corrected chi connectivity index (χ4v) is 4.39. The molecule has 0 N–H and O–H groups in total. The first-order valence-electron chi connectivity index (χ1n) is 9.50. The zero-order valence-electron chi connectivity index (χ0n) is 17.6. The van der Waals surface area contributed by atoms with Crippen molar-refractivity contribution in [1.82, 2.24) is 0 Å². The molecule has 0 spiro atoms. The van der Waals surface area contributed by atoms with Gasteiger partial charge in [0.25, 0.3) is 10.1 Å². The predicted octanol–water partition coefficient (Wildman–Crippen LogP) is 1.92. The standard InChI is InChI=1S/C20H25ClO9S/c1-11-5-7-15(8-6-11)31(25,26)27-10-17-18(21)20(29-14(4)24)19(28-13(3)23)16(30-17)9-12(2)22/h5-8,16-20H,9-10H2,1-4H3/t16-,17+,18-,19-,20-/m0/s1. The molecule has 0 radical (unpaired) electrons. The fourth-order valence-electron chi connectivity index (χ4n) is 3.15. The minimum absolute atomic E-state index is 0.0466. The van der Waals surface area contributed by atoms with E-state index in [-0.39, 0.29) is 17.1 Å². The largest absolute Gasteiger partial charge is 0.457 e. The number of alkyl halides is 1. The molecule has 1 fully saturated rings. The number of ether oxygens (including phenoxy) is 3. The minimum Gasteiger partial charge on any atom is -0.457 e. The second-order valence-corrected chi connectivity index (χ2v) is 9.38. The van der Waals surface area contributed by atoms with Gasteiger partial charge in [0.1, 0.15) is 23.4 Å². The molecule has 2 rings (SSSR count). The van der Waals surface area contributed by atoms with Crippen LogP contribution in [0.2, 0.25) is 0 Å². The molecule has 0 aromatic heterocycles. The number of Topliss-reactive ketones (excluding diaryl/α,β-unsaturated/α-hetero) is 1. The Bertz CT molecular complexity index is 913. The Morgan fingerprint density at radius 3 is 2.03 bits per heavy atom. The van der Waals surface area contributed by atoms with Crippen molar-refractivity contribution in [3.63, 3.8) is 0 Å². The quantitative estimate of drug-likeness (QED) is 0.314. The summed E-state index contributed by atoms with van der Waals surface area (Å²) in [6.07, 6.45) is -4.55. The highest BCUT2D eigenvalue weighted by molar-refractivity contribution is 7.86. The summed E-state index contributed by atoms with van der Waals surface area (Å²) in [6, 6.07) is 6.06. The zero-order valence-corrected chi connectivity index (χ0v) is 19.1. The van der Waals surface area contributed by atoms with Crippen LogP contribution in [-0.4, -0.2) is 62.5 Å². The summed E-state index contributed by atoms with van der Waals surface area (Å²) in [5.41, 5.74) is 0.878. The first-order valence-corrected chi connectivity index (χ1v) is 11.3. The third-order valence-electron chi connectivity index (χ3n) is 4.50. The van der Waals surface area contributed by atoms with Crippen LogP contribution in [0.15, 0.2) is 29.2 Å². The number of hydrogen-bond acceptors (Lipinski definition) is 9. The summed E-state index contributed by atoms with van der Waals surface area (Å²) in [6.45, 7) is 4.94. The molecule has 0 aliphatic carbocycles. The van der Waals surface area contributed by atoms with Crippen LogP contribution in [0.5, 0.6) is 0 Å². The molecule has 11 heteroatoms. The summed E-state index contributed by atoms with van der Waals surface area (Å²) in [4.78, 5) is 34.8. The highest BCUT2D eigenvalue weighted by Gasteiger charge is 2.49. The summed E-state index contributed by atoms with van der Waals surface area (Å²) < 4.78 is 46.3. The lowest BCUT2D eigenvalue weighted by Gasteiger charge is -2.43. The molecule has 1 aromatic rings. The van der Waals surface area contributed by atoms with Crippen LogP contribution in [0.25, 0.3) is 0 Å². The van der Waals surface area contributed by atoms with Crippen molar-refractivity contribution in [2.24, 2.45) is 0 Å². The summed E-state index contributed by atoms with van der Waals surface area (Å²) in [5.74, 6) is -1.65. The monoisotopic (exact) mass is 476 g/mol. The second kappa shape index (κ2) is 10.5. The molecular formula is C20H25ClO9S. The highest BCUT2D eigenvalue weighted by Crippen LogP contribution is 2.32. The number of ketones is 1. The Balaban J connectivity index is 2.25. The molecule has 9 nitrogen and oxygen atoms in total. The maximum atomic E-state index is 12.5. The molecule has 1 aliphatic heterocycles. The van der Waals surface area contributed by atoms with Crippen molar-refractivity contribution in [3.8, 4) is 0 Å². The number of rotatable bonds is 8. The maximum Gasteiger partial charge on any atom is 0.303 e. The number of carbonyl (C=O) groups is 3. The van der Waals surface area contributed by atoms with Crippen molar-refractivity contribution in [1.29, 1.82) is 0 Å². The van der Waals surface area contributed by atoms with Crippen LogP contribution in [0.1, 0.15) is 32.8 Å². The van der Waals surface area contributed by atoms with Crippen molar-refractivity contribution in [2.75, 3.05) is 6.61 Å². The van der Waals surface area contributed by atoms with Crippen molar-refractivity contribution in [2.45, 2.75) is 68.8 Å². The van der Waals surface area contributed by atoms with E-state index >= 15 is 0 Å². The van der Waals surface area contributed by atoms with Gasteiger partial charge in [0, 0.05) is 20.3 Å². The predicted molar refractivity (Wildman–Crippen MR) is 109 cm³/mol. The Morgan fingerprint density at radius 1 is 0.968 bits per heavy atom. The first kappa shape index (κ1) is 25.3. The molecule has 0 amide bonds. The van der Waals surface area contributed by atoms with E-state index in [1.54, 1.807) is 12.1 Å². The highest BCUT2D eigenvalue weighted by atomic mass is 35.5. The third-order valence-corrected chi connectivity index (χ3v) is 6.32. The number of carbonyl (C=O) groups excluding carboxylic acids is 3. The Hall–Kier alpha value is -2.01. The Labute approximate surface area is 186 Å². The summed E-state index contributed by atoms with van der Waals surface area (Å²) in [5, 5.41) is -1.11. The number of aryl methyl sites for hydroxylation is 1. The van der Waals surface area contributed by atoms with Crippen LogP contribution < -0.4 is 0 Å². The van der Waals surface area contributed by atoms with Crippen molar-refractivity contribution >= 4 is 39.4 Å². The van der Waals surface area contributed by atoms with Gasteiger partial charge in [-0.15, -0.1) is 11.6 Å². The van der Waals surface area contributed by atoms with Gasteiger partial charge in [-0.3, -0.25) is 18.6 Å². The molecular weight excluding hydrogens is 452 g/mol. The van der Waals surface area contributed by atoms with Gasteiger partial charge in [0.2, 0.25) is 0 Å². The lowest BCUT2D eigenvalue weighted by molar-refractivity contribution is -0.208. The Morgan fingerprint density at radius 2 is 1.52 bits per heavy atom. The van der Waals surface area contributed by atoms with E-state index in [0.29, 0.717) is 0 Å². The molecule has 1 aromatic carbocycles. The number of halogens is 1. The fraction of sp³-hybridized carbons (Fsp3) is 0.550. The average Bonchev–Trinajstić information content (AvgIpc) is 2.65. The SMILES string of the molecule is CC(=O)C[C@@H]1O[C@H](COS(=O)(=O)c2ccc(C)cc2)[C@H](Cl)[C@H](OC(C)=O)[C@H]1OC(C)=O. The molecule has 1 heterocycles. The van der Waals surface area contributed by atoms with Crippen LogP contribution in [0.3, 0.4) is 0 Å². The lowest BCUT2D eigenvalue weighted by Crippen LogP contribution is -2.59. The van der Waals surface area contributed by atoms with Gasteiger partial charge in [-0.05, 0) is 26.0 Å². The van der Waals surface area contributed by atoms with E-state index in [1.807, 2.05) is 6.92 Å². The van der Waals surface area contributed by atoms with Gasteiger partial charge in [-0.25, -0.2) is 0 Å². The topological polar surface area (TPSA) is 122 Å². The van der Waals surface area contributed by atoms with E-state index in [4.69, 9.17) is 30.0 Å². The molecule has 172 valence electrons. The van der Waals surface area contributed by atoms with Crippen LogP contribution >= 0.6 is 11.6 Å². The number of benzene rings is 1.